The summed E-state index contributed by atoms with van der Waals surface area (Å²) in [7, 11) is 3.53. The van der Waals surface area contributed by atoms with E-state index in [1.165, 1.54) is 5.56 Å². The molecule has 0 saturated carbocycles. The van der Waals surface area contributed by atoms with Gasteiger partial charge in [0.05, 0.1) is 17.5 Å². The van der Waals surface area contributed by atoms with E-state index in [1.807, 2.05) is 30.1 Å². The van der Waals surface area contributed by atoms with Crippen LogP contribution in [-0.4, -0.2) is 44.6 Å². The number of hydrogen-bond donors (Lipinski definition) is 1. The van der Waals surface area contributed by atoms with Gasteiger partial charge in [0.1, 0.15) is 5.75 Å². The Kier molecular flexibility index (Phi) is 4.82. The molecule has 5 heteroatoms. The van der Waals surface area contributed by atoms with Gasteiger partial charge in [-0.1, -0.05) is 6.07 Å². The molecule has 1 fully saturated rings. The highest BCUT2D eigenvalue weighted by molar-refractivity contribution is 9.10. The van der Waals surface area contributed by atoms with Crippen LogP contribution in [0.2, 0.25) is 0 Å². The normalized spacial score (nSPS) is 14.9. The van der Waals surface area contributed by atoms with Crippen LogP contribution in [0.5, 0.6) is 5.75 Å². The molecule has 1 saturated heterocycles. The van der Waals surface area contributed by atoms with Gasteiger partial charge in [-0.2, -0.15) is 0 Å². The predicted molar refractivity (Wildman–Crippen MR) is 78.4 cm³/mol. The van der Waals surface area contributed by atoms with Gasteiger partial charge in [-0.05, 0) is 40.0 Å². The minimum atomic E-state index is 0.174. The van der Waals surface area contributed by atoms with Gasteiger partial charge in [0.15, 0.2) is 0 Å². The molecule has 1 aromatic rings. The van der Waals surface area contributed by atoms with Gasteiger partial charge in [0, 0.05) is 26.7 Å². The number of benzene rings is 1. The summed E-state index contributed by atoms with van der Waals surface area (Å²) in [6.07, 6.45) is 0.852. The first-order chi connectivity index (χ1) is 9.11. The Morgan fingerprint density at radius 2 is 2.26 bits per heavy atom. The number of ether oxygens (including phenoxy) is 1. The first-order valence-corrected chi connectivity index (χ1v) is 7.19. The molecule has 0 radical (unpaired) electrons. The molecule has 104 valence electrons. The van der Waals surface area contributed by atoms with E-state index >= 15 is 0 Å². The van der Waals surface area contributed by atoms with Crippen LogP contribution in [0.15, 0.2) is 22.7 Å². The molecule has 4 nitrogen and oxygen atoms in total. The van der Waals surface area contributed by atoms with E-state index in [0.717, 1.165) is 36.3 Å². The largest absolute Gasteiger partial charge is 0.496 e. The number of nitrogens with one attached hydrogen (secondary N) is 1. The van der Waals surface area contributed by atoms with Gasteiger partial charge in [-0.3, -0.25) is 4.79 Å². The van der Waals surface area contributed by atoms with Crippen LogP contribution < -0.4 is 10.1 Å². The lowest BCUT2D eigenvalue weighted by atomic mass is 10.0. The number of carbonyl (C=O) groups is 1. The van der Waals surface area contributed by atoms with Gasteiger partial charge in [-0.15, -0.1) is 0 Å². The molecule has 1 amide bonds. The zero-order valence-corrected chi connectivity index (χ0v) is 12.9. The quantitative estimate of drug-likeness (QED) is 0.895. The minimum absolute atomic E-state index is 0.174. The third kappa shape index (κ3) is 3.48. The van der Waals surface area contributed by atoms with E-state index in [-0.39, 0.29) is 11.8 Å². The third-order valence-electron chi connectivity index (χ3n) is 3.46. The summed E-state index contributed by atoms with van der Waals surface area (Å²) in [6.45, 7) is 2.38. The first-order valence-electron chi connectivity index (χ1n) is 6.40. The van der Waals surface area contributed by atoms with Crippen LogP contribution in [0.25, 0.3) is 0 Å². The average molecular weight is 327 g/mol. The number of methoxy groups -OCH3 is 1. The zero-order chi connectivity index (χ0) is 13.8. The Hall–Kier alpha value is -1.07. The molecule has 1 aliphatic rings. The van der Waals surface area contributed by atoms with Crippen molar-refractivity contribution in [3.63, 3.8) is 0 Å². The lowest BCUT2D eigenvalue weighted by Crippen LogP contribution is -2.51. The van der Waals surface area contributed by atoms with Crippen molar-refractivity contribution in [3.8, 4) is 5.75 Å². The molecule has 0 aliphatic carbocycles. The maximum atomic E-state index is 12.0. The second-order valence-corrected chi connectivity index (χ2v) is 5.69. The van der Waals surface area contributed by atoms with E-state index in [2.05, 4.69) is 21.2 Å². The highest BCUT2D eigenvalue weighted by Crippen LogP contribution is 2.25. The summed E-state index contributed by atoms with van der Waals surface area (Å²) < 4.78 is 6.15. The van der Waals surface area contributed by atoms with Crippen LogP contribution in [0, 0.1) is 5.92 Å². The molecule has 1 aliphatic heterocycles. The van der Waals surface area contributed by atoms with Crippen molar-refractivity contribution in [2.75, 3.05) is 33.8 Å². The summed E-state index contributed by atoms with van der Waals surface area (Å²) in [5.41, 5.74) is 1.19. The molecule has 0 unspecified atom stereocenters. The van der Waals surface area contributed by atoms with Crippen molar-refractivity contribution in [1.82, 2.24) is 10.2 Å². The smallest absolute Gasteiger partial charge is 0.228 e. The molecule has 1 heterocycles. The Balaban J connectivity index is 1.87. The van der Waals surface area contributed by atoms with E-state index in [9.17, 15) is 4.79 Å². The maximum absolute atomic E-state index is 12.0. The first kappa shape index (κ1) is 14.3. The fraction of sp³-hybridized carbons (Fsp3) is 0.500. The Morgan fingerprint density at radius 1 is 1.53 bits per heavy atom. The molecule has 0 bridgehead atoms. The van der Waals surface area contributed by atoms with Crippen LogP contribution in [-0.2, 0) is 11.2 Å². The molecule has 2 rings (SSSR count). The maximum Gasteiger partial charge on any atom is 0.228 e. The zero-order valence-electron chi connectivity index (χ0n) is 11.3. The number of nitrogens with zero attached hydrogens (tertiary/aromatic N) is 1. The van der Waals surface area contributed by atoms with Gasteiger partial charge in [0.25, 0.3) is 0 Å². The fourth-order valence-electron chi connectivity index (χ4n) is 2.05. The summed E-state index contributed by atoms with van der Waals surface area (Å²) in [4.78, 5) is 13.8. The monoisotopic (exact) mass is 326 g/mol. The number of hydrogen-bond acceptors (Lipinski definition) is 3. The van der Waals surface area contributed by atoms with Crippen molar-refractivity contribution < 1.29 is 9.53 Å². The predicted octanol–water partition coefficient (Wildman–Crippen LogP) is 1.68. The highest BCUT2D eigenvalue weighted by atomic mass is 79.9. The van der Waals surface area contributed by atoms with E-state index in [0.29, 0.717) is 0 Å². The summed E-state index contributed by atoms with van der Waals surface area (Å²) in [6, 6.07) is 6.02. The topological polar surface area (TPSA) is 41.6 Å². The third-order valence-corrected chi connectivity index (χ3v) is 4.08. The second kappa shape index (κ2) is 6.39. The molecular weight excluding hydrogens is 308 g/mol. The SMILES string of the molecule is COc1ccc(CCN(C)C(=O)C2CNC2)cc1Br. The van der Waals surface area contributed by atoms with Crippen molar-refractivity contribution in [2.45, 2.75) is 6.42 Å². The van der Waals surface area contributed by atoms with Gasteiger partial charge >= 0.3 is 0 Å². The number of halogens is 1. The number of carbonyl (C=O) groups excluding carboxylic acids is 1. The lowest BCUT2D eigenvalue weighted by Gasteiger charge is -2.30. The van der Waals surface area contributed by atoms with Crippen LogP contribution in [0.1, 0.15) is 5.56 Å². The summed E-state index contributed by atoms with van der Waals surface area (Å²) in [5.74, 6) is 1.24. The molecule has 0 atom stereocenters. The van der Waals surface area contributed by atoms with Crippen LogP contribution >= 0.6 is 15.9 Å². The highest BCUT2D eigenvalue weighted by Gasteiger charge is 2.27. The van der Waals surface area contributed by atoms with Crippen molar-refractivity contribution in [3.05, 3.63) is 28.2 Å². The van der Waals surface area contributed by atoms with E-state index in [4.69, 9.17) is 4.74 Å². The Morgan fingerprint density at radius 3 is 2.79 bits per heavy atom. The van der Waals surface area contributed by atoms with Crippen molar-refractivity contribution >= 4 is 21.8 Å². The van der Waals surface area contributed by atoms with E-state index < -0.39 is 0 Å². The molecular formula is C14H19BrN2O2. The average Bonchev–Trinajstić information content (AvgIpc) is 2.34. The fourth-order valence-corrected chi connectivity index (χ4v) is 2.64. The standard InChI is InChI=1S/C14H19BrN2O2/c1-17(14(18)11-8-16-9-11)6-5-10-3-4-13(19-2)12(15)7-10/h3-4,7,11,16H,5-6,8-9H2,1-2H3. The van der Waals surface area contributed by atoms with Crippen LogP contribution in [0.3, 0.4) is 0 Å². The molecule has 0 aromatic heterocycles. The minimum Gasteiger partial charge on any atom is -0.496 e. The van der Waals surface area contributed by atoms with Crippen LogP contribution in [0.4, 0.5) is 0 Å². The number of rotatable bonds is 5. The Bertz CT molecular complexity index is 461. The molecule has 1 N–H and O–H groups in total. The van der Waals surface area contributed by atoms with E-state index in [1.54, 1.807) is 7.11 Å². The van der Waals surface area contributed by atoms with Gasteiger partial charge in [0.2, 0.25) is 5.91 Å². The van der Waals surface area contributed by atoms with Crippen molar-refractivity contribution in [2.24, 2.45) is 5.92 Å². The molecule has 0 spiro atoms. The van der Waals surface area contributed by atoms with Gasteiger partial charge in [-0.25, -0.2) is 0 Å². The molecule has 19 heavy (non-hydrogen) atoms. The summed E-state index contributed by atoms with van der Waals surface area (Å²) >= 11 is 3.47. The number of amides is 1. The van der Waals surface area contributed by atoms with Gasteiger partial charge < -0.3 is 15.0 Å². The van der Waals surface area contributed by atoms with Crippen molar-refractivity contribution in [1.29, 1.82) is 0 Å². The second-order valence-electron chi connectivity index (χ2n) is 4.83. The Labute approximate surface area is 122 Å². The summed E-state index contributed by atoms with van der Waals surface area (Å²) in [5, 5.41) is 3.12. The lowest BCUT2D eigenvalue weighted by molar-refractivity contribution is -0.135. The molecule has 1 aromatic carbocycles. The number of likely N-dealkylation sites (N-methyl/N-ethyl adjacent to an activating group) is 1.